The van der Waals surface area contributed by atoms with Gasteiger partial charge in [0.2, 0.25) is 6.10 Å². The molecule has 0 aliphatic carbocycles. The SMILES string of the molecule is CC(C)(C)OC(=O)NCCNC(=O)[C@@H]1CC(c2cccc(F)c2)=NO1. The van der Waals surface area contributed by atoms with Crippen LogP contribution in [-0.2, 0) is 14.4 Å². The number of rotatable bonds is 5. The first-order valence-corrected chi connectivity index (χ1v) is 7.98. The molecule has 1 heterocycles. The zero-order valence-corrected chi connectivity index (χ0v) is 14.5. The Morgan fingerprint density at radius 1 is 1.32 bits per heavy atom. The van der Waals surface area contributed by atoms with E-state index in [-0.39, 0.29) is 31.2 Å². The van der Waals surface area contributed by atoms with Gasteiger partial charge in [-0.1, -0.05) is 17.3 Å². The Labute approximate surface area is 145 Å². The molecule has 8 heteroatoms. The quantitative estimate of drug-likeness (QED) is 0.794. The number of nitrogens with zero attached hydrogens (tertiary/aromatic N) is 1. The predicted octanol–water partition coefficient (Wildman–Crippen LogP) is 1.96. The van der Waals surface area contributed by atoms with Crippen molar-refractivity contribution >= 4 is 17.7 Å². The fourth-order valence-corrected chi connectivity index (χ4v) is 2.13. The zero-order valence-electron chi connectivity index (χ0n) is 14.5. The van der Waals surface area contributed by atoms with Gasteiger partial charge in [0.15, 0.2) is 0 Å². The molecule has 25 heavy (non-hydrogen) atoms. The van der Waals surface area contributed by atoms with Crippen LogP contribution in [0.3, 0.4) is 0 Å². The summed E-state index contributed by atoms with van der Waals surface area (Å²) in [6.07, 6.45) is -1.05. The Hall–Kier alpha value is -2.64. The lowest BCUT2D eigenvalue weighted by molar-refractivity contribution is -0.131. The van der Waals surface area contributed by atoms with Crippen LogP contribution < -0.4 is 10.6 Å². The lowest BCUT2D eigenvalue weighted by atomic mass is 10.0. The molecule has 2 amide bonds. The van der Waals surface area contributed by atoms with Gasteiger partial charge >= 0.3 is 6.09 Å². The van der Waals surface area contributed by atoms with E-state index in [1.54, 1.807) is 32.9 Å². The summed E-state index contributed by atoms with van der Waals surface area (Å²) in [5, 5.41) is 9.03. The van der Waals surface area contributed by atoms with Crippen LogP contribution >= 0.6 is 0 Å². The van der Waals surface area contributed by atoms with Crippen molar-refractivity contribution < 1.29 is 23.6 Å². The first-order valence-electron chi connectivity index (χ1n) is 7.98. The van der Waals surface area contributed by atoms with Crippen LogP contribution in [0, 0.1) is 5.82 Å². The van der Waals surface area contributed by atoms with Crippen LogP contribution in [0.5, 0.6) is 0 Å². The highest BCUT2D eigenvalue weighted by atomic mass is 19.1. The lowest BCUT2D eigenvalue weighted by Crippen LogP contribution is -2.41. The number of hydrogen-bond acceptors (Lipinski definition) is 5. The molecule has 1 aromatic carbocycles. The van der Waals surface area contributed by atoms with Crippen LogP contribution in [0.4, 0.5) is 9.18 Å². The van der Waals surface area contributed by atoms with Crippen molar-refractivity contribution in [1.29, 1.82) is 0 Å². The van der Waals surface area contributed by atoms with E-state index < -0.39 is 17.8 Å². The van der Waals surface area contributed by atoms with Gasteiger partial charge in [0.25, 0.3) is 5.91 Å². The van der Waals surface area contributed by atoms with Crippen molar-refractivity contribution in [1.82, 2.24) is 10.6 Å². The Bertz CT molecular complexity index is 670. The highest BCUT2D eigenvalue weighted by molar-refractivity contribution is 6.04. The fourth-order valence-electron chi connectivity index (χ4n) is 2.13. The average molecular weight is 351 g/mol. The molecule has 1 aromatic rings. The standard InChI is InChI=1S/C17H22FN3O4/c1-17(2,3)24-16(23)20-8-7-19-15(22)14-10-13(21-25-14)11-5-4-6-12(18)9-11/h4-6,9,14H,7-8,10H2,1-3H3,(H,19,22)(H,20,23)/t14-/m0/s1. The summed E-state index contributed by atoms with van der Waals surface area (Å²) in [4.78, 5) is 28.6. The van der Waals surface area contributed by atoms with E-state index in [4.69, 9.17) is 9.57 Å². The van der Waals surface area contributed by atoms with Crippen molar-refractivity contribution in [2.24, 2.45) is 5.16 Å². The van der Waals surface area contributed by atoms with Gasteiger partial charge in [0.1, 0.15) is 11.4 Å². The number of alkyl carbamates (subject to hydrolysis) is 1. The number of ether oxygens (including phenoxy) is 1. The summed E-state index contributed by atoms with van der Waals surface area (Å²) in [5.74, 6) is -0.720. The molecule has 0 fully saturated rings. The maximum Gasteiger partial charge on any atom is 0.407 e. The van der Waals surface area contributed by atoms with Gasteiger partial charge < -0.3 is 20.2 Å². The van der Waals surface area contributed by atoms with Gasteiger partial charge in [-0.05, 0) is 32.9 Å². The van der Waals surface area contributed by atoms with Gasteiger partial charge in [-0.25, -0.2) is 9.18 Å². The van der Waals surface area contributed by atoms with Gasteiger partial charge in [-0.3, -0.25) is 4.79 Å². The number of hydrogen-bond donors (Lipinski definition) is 2. The van der Waals surface area contributed by atoms with Crippen LogP contribution in [0.2, 0.25) is 0 Å². The molecule has 1 aliphatic rings. The van der Waals surface area contributed by atoms with Gasteiger partial charge in [-0.2, -0.15) is 0 Å². The van der Waals surface area contributed by atoms with Crippen molar-refractivity contribution in [3.63, 3.8) is 0 Å². The molecule has 0 bridgehead atoms. The molecule has 7 nitrogen and oxygen atoms in total. The summed E-state index contributed by atoms with van der Waals surface area (Å²) in [6.45, 7) is 5.75. The van der Waals surface area contributed by atoms with Gasteiger partial charge in [-0.15, -0.1) is 0 Å². The topological polar surface area (TPSA) is 89.0 Å². The second-order valence-corrected chi connectivity index (χ2v) is 6.57. The maximum absolute atomic E-state index is 13.2. The smallest absolute Gasteiger partial charge is 0.407 e. The number of halogens is 1. The first-order chi connectivity index (χ1) is 11.7. The molecule has 136 valence electrons. The Morgan fingerprint density at radius 2 is 2.04 bits per heavy atom. The molecule has 1 atom stereocenters. The molecule has 0 spiro atoms. The minimum Gasteiger partial charge on any atom is -0.444 e. The van der Waals surface area contributed by atoms with Crippen LogP contribution in [0.15, 0.2) is 29.4 Å². The van der Waals surface area contributed by atoms with Crippen LogP contribution in [0.1, 0.15) is 32.8 Å². The highest BCUT2D eigenvalue weighted by Gasteiger charge is 2.28. The third-order valence-corrected chi connectivity index (χ3v) is 3.21. The third kappa shape index (κ3) is 6.06. The van der Waals surface area contributed by atoms with E-state index in [1.807, 2.05) is 0 Å². The van der Waals surface area contributed by atoms with Gasteiger partial charge in [0, 0.05) is 25.1 Å². The molecule has 0 saturated heterocycles. The summed E-state index contributed by atoms with van der Waals surface area (Å²) in [7, 11) is 0. The van der Waals surface area contributed by atoms with Crippen LogP contribution in [0.25, 0.3) is 0 Å². The van der Waals surface area contributed by atoms with Crippen LogP contribution in [-0.4, -0.2) is 42.5 Å². The number of carbonyl (C=O) groups is 2. The largest absolute Gasteiger partial charge is 0.444 e. The summed E-state index contributed by atoms with van der Waals surface area (Å²) in [6, 6.07) is 5.95. The molecule has 2 N–H and O–H groups in total. The van der Waals surface area contributed by atoms with E-state index >= 15 is 0 Å². The van der Waals surface area contributed by atoms with E-state index in [9.17, 15) is 14.0 Å². The predicted molar refractivity (Wildman–Crippen MR) is 89.7 cm³/mol. The molecule has 0 radical (unpaired) electrons. The van der Waals surface area contributed by atoms with Crippen molar-refractivity contribution in [3.8, 4) is 0 Å². The Kier molecular flexibility index (Phi) is 5.95. The third-order valence-electron chi connectivity index (χ3n) is 3.21. The molecular formula is C17H22FN3O4. The molecule has 0 unspecified atom stereocenters. The number of benzene rings is 1. The summed E-state index contributed by atoms with van der Waals surface area (Å²) < 4.78 is 18.3. The highest BCUT2D eigenvalue weighted by Crippen LogP contribution is 2.17. The minimum atomic E-state index is -0.764. The zero-order chi connectivity index (χ0) is 18.4. The Balaban J connectivity index is 1.70. The molecule has 2 rings (SSSR count). The fraction of sp³-hybridized carbons (Fsp3) is 0.471. The monoisotopic (exact) mass is 351 g/mol. The average Bonchev–Trinajstić information content (AvgIpc) is 2.99. The second kappa shape index (κ2) is 7.96. The maximum atomic E-state index is 13.2. The van der Waals surface area contributed by atoms with Gasteiger partial charge in [0.05, 0.1) is 5.71 Å². The van der Waals surface area contributed by atoms with Crippen molar-refractivity contribution in [2.75, 3.05) is 13.1 Å². The summed E-state index contributed by atoms with van der Waals surface area (Å²) >= 11 is 0. The lowest BCUT2D eigenvalue weighted by Gasteiger charge is -2.19. The minimum absolute atomic E-state index is 0.227. The number of carbonyl (C=O) groups excluding carboxylic acids is 2. The van der Waals surface area contributed by atoms with E-state index in [2.05, 4.69) is 15.8 Å². The molecule has 0 aromatic heterocycles. The first kappa shape index (κ1) is 18.7. The molecular weight excluding hydrogens is 329 g/mol. The normalized spacial score (nSPS) is 16.6. The molecule has 0 saturated carbocycles. The number of nitrogens with one attached hydrogen (secondary N) is 2. The number of amides is 2. The number of oxime groups is 1. The van der Waals surface area contributed by atoms with E-state index in [0.29, 0.717) is 11.3 Å². The summed E-state index contributed by atoms with van der Waals surface area (Å²) in [5.41, 5.74) is 0.531. The Morgan fingerprint density at radius 3 is 2.72 bits per heavy atom. The van der Waals surface area contributed by atoms with Crippen molar-refractivity contribution in [3.05, 3.63) is 35.6 Å². The van der Waals surface area contributed by atoms with E-state index in [1.165, 1.54) is 12.1 Å². The second-order valence-electron chi connectivity index (χ2n) is 6.57. The molecule has 1 aliphatic heterocycles. The van der Waals surface area contributed by atoms with Crippen molar-refractivity contribution in [2.45, 2.75) is 38.9 Å². The van der Waals surface area contributed by atoms with E-state index in [0.717, 1.165) is 0 Å².